The van der Waals surface area contributed by atoms with Crippen molar-refractivity contribution < 1.29 is 0 Å². The fourth-order valence-electron chi connectivity index (χ4n) is 1.46. The Bertz CT molecular complexity index is 269. The second-order valence-electron chi connectivity index (χ2n) is 2.85. The lowest BCUT2D eigenvalue weighted by Crippen LogP contribution is -2.32. The second kappa shape index (κ2) is 2.75. The summed E-state index contributed by atoms with van der Waals surface area (Å²) < 4.78 is 3.53. The lowest BCUT2D eigenvalue weighted by molar-refractivity contribution is 0.415. The molecule has 1 aliphatic heterocycles. The molecule has 0 unspecified atom stereocenters. The first-order valence-electron chi connectivity index (χ1n) is 3.71. The topological polar surface area (TPSA) is 29.9 Å². The Labute approximate surface area is 79.3 Å². The highest BCUT2D eigenvalue weighted by Crippen LogP contribution is 2.18. The van der Waals surface area contributed by atoms with E-state index in [1.54, 1.807) is 0 Å². The Hall–Kier alpha value is -0.100. The molecule has 0 aromatic carbocycles. The van der Waals surface area contributed by atoms with Crippen LogP contribution in [0.4, 0.5) is 0 Å². The number of imidazole rings is 1. The van der Waals surface area contributed by atoms with Crippen LogP contribution in [-0.2, 0) is 6.54 Å². The minimum absolute atomic E-state index is 0.549. The second-order valence-corrected chi connectivity index (χ2v) is 3.95. The van der Waals surface area contributed by atoms with Gasteiger partial charge < -0.3 is 9.88 Å². The maximum atomic E-state index is 4.30. The average Bonchev–Trinajstić information content (AvgIpc) is 2.34. The zero-order valence-corrected chi connectivity index (χ0v) is 8.50. The minimum Gasteiger partial charge on any atom is -0.318 e. The van der Waals surface area contributed by atoms with E-state index >= 15 is 0 Å². The van der Waals surface area contributed by atoms with Gasteiger partial charge in [0.2, 0.25) is 0 Å². The number of nitrogens with one attached hydrogen (secondary N) is 1. The normalized spacial score (nSPS) is 23.3. The van der Waals surface area contributed by atoms with E-state index in [4.69, 9.17) is 0 Å². The molecule has 0 saturated carbocycles. The van der Waals surface area contributed by atoms with Crippen molar-refractivity contribution in [2.45, 2.75) is 19.5 Å². The summed E-state index contributed by atoms with van der Waals surface area (Å²) in [5, 5.41) is 3.32. The van der Waals surface area contributed by atoms with Crippen LogP contribution in [0.25, 0.3) is 0 Å². The smallest absolute Gasteiger partial charge is 0.123 e. The molecule has 2 rings (SSSR count). The number of nitrogens with zero attached hydrogens (tertiary/aromatic N) is 2. The Morgan fingerprint density at radius 3 is 3.36 bits per heavy atom. The van der Waals surface area contributed by atoms with Crippen molar-refractivity contribution in [3.05, 3.63) is 15.7 Å². The van der Waals surface area contributed by atoms with Gasteiger partial charge in [0.25, 0.3) is 0 Å². The number of fused-ring (bicyclic) bond motifs is 1. The first-order valence-corrected chi connectivity index (χ1v) is 4.79. The molecular formula is C7H10IN3. The number of halogens is 1. The van der Waals surface area contributed by atoms with E-state index in [0.717, 1.165) is 18.9 Å². The molecule has 4 heteroatoms. The zero-order valence-electron chi connectivity index (χ0n) is 6.34. The van der Waals surface area contributed by atoms with Gasteiger partial charge in [0.1, 0.15) is 9.53 Å². The van der Waals surface area contributed by atoms with E-state index in [1.165, 1.54) is 3.70 Å². The van der Waals surface area contributed by atoms with E-state index in [0.29, 0.717) is 6.04 Å². The maximum absolute atomic E-state index is 4.30. The van der Waals surface area contributed by atoms with Gasteiger partial charge in [-0.3, -0.25) is 0 Å². The predicted molar refractivity (Wildman–Crippen MR) is 51.4 cm³/mol. The highest BCUT2D eigenvalue weighted by atomic mass is 127. The molecule has 0 aliphatic carbocycles. The van der Waals surface area contributed by atoms with Gasteiger partial charge >= 0.3 is 0 Å². The van der Waals surface area contributed by atoms with Gasteiger partial charge in [-0.25, -0.2) is 4.98 Å². The van der Waals surface area contributed by atoms with Gasteiger partial charge in [-0.15, -0.1) is 0 Å². The highest BCUT2D eigenvalue weighted by Gasteiger charge is 2.17. The van der Waals surface area contributed by atoms with Crippen LogP contribution in [0.2, 0.25) is 0 Å². The van der Waals surface area contributed by atoms with Gasteiger partial charge in [-0.05, 0) is 29.5 Å². The SMILES string of the molecule is C[C@@H]1CNCc2ncc(I)n21. The fourth-order valence-corrected chi connectivity index (χ4v) is 2.35. The third-order valence-electron chi connectivity index (χ3n) is 1.99. The molecule has 1 aliphatic rings. The van der Waals surface area contributed by atoms with Crippen molar-refractivity contribution in [1.29, 1.82) is 0 Å². The van der Waals surface area contributed by atoms with Crippen molar-refractivity contribution in [2.24, 2.45) is 0 Å². The summed E-state index contributed by atoms with van der Waals surface area (Å²) in [6.07, 6.45) is 1.93. The van der Waals surface area contributed by atoms with E-state index in [2.05, 4.69) is 44.4 Å². The van der Waals surface area contributed by atoms with Gasteiger partial charge in [0.15, 0.2) is 0 Å². The van der Waals surface area contributed by atoms with Gasteiger partial charge in [0, 0.05) is 12.6 Å². The molecular weight excluding hydrogens is 253 g/mol. The Balaban J connectivity index is 2.48. The molecule has 1 atom stereocenters. The summed E-state index contributed by atoms with van der Waals surface area (Å²) in [6, 6.07) is 0.549. The third kappa shape index (κ3) is 1.18. The molecule has 1 aromatic heterocycles. The first-order chi connectivity index (χ1) is 5.29. The van der Waals surface area contributed by atoms with Crippen molar-refractivity contribution in [1.82, 2.24) is 14.9 Å². The quantitative estimate of drug-likeness (QED) is 0.712. The molecule has 0 saturated heterocycles. The highest BCUT2D eigenvalue weighted by molar-refractivity contribution is 14.1. The summed E-state index contributed by atoms with van der Waals surface area (Å²) in [5.74, 6) is 1.16. The summed E-state index contributed by atoms with van der Waals surface area (Å²) in [5.41, 5.74) is 0. The molecule has 3 nitrogen and oxygen atoms in total. The van der Waals surface area contributed by atoms with Gasteiger partial charge in [-0.2, -0.15) is 0 Å². The van der Waals surface area contributed by atoms with E-state index in [-0.39, 0.29) is 0 Å². The minimum atomic E-state index is 0.549. The molecule has 0 spiro atoms. The molecule has 1 aromatic rings. The summed E-state index contributed by atoms with van der Waals surface area (Å²) >= 11 is 2.33. The predicted octanol–water partition coefficient (Wildman–Crippen LogP) is 1.15. The average molecular weight is 263 g/mol. The standard InChI is InChI=1S/C7H10IN3/c1-5-2-9-4-7-10-3-6(8)11(5)7/h3,5,9H,2,4H2,1H3/t5-/m1/s1. The van der Waals surface area contributed by atoms with Crippen LogP contribution < -0.4 is 5.32 Å². The maximum Gasteiger partial charge on any atom is 0.123 e. The summed E-state index contributed by atoms with van der Waals surface area (Å²) in [7, 11) is 0. The van der Waals surface area contributed by atoms with Gasteiger partial charge in [0.05, 0.1) is 12.7 Å². The Kier molecular flexibility index (Phi) is 1.88. The van der Waals surface area contributed by atoms with Crippen LogP contribution >= 0.6 is 22.6 Å². The third-order valence-corrected chi connectivity index (χ3v) is 2.79. The largest absolute Gasteiger partial charge is 0.318 e. The molecule has 2 heterocycles. The van der Waals surface area contributed by atoms with Crippen LogP contribution in [0.1, 0.15) is 18.8 Å². The number of rotatable bonds is 0. The van der Waals surface area contributed by atoms with Crippen LogP contribution in [0.3, 0.4) is 0 Å². The Morgan fingerprint density at radius 2 is 2.64 bits per heavy atom. The molecule has 1 N–H and O–H groups in total. The fraction of sp³-hybridized carbons (Fsp3) is 0.571. The lowest BCUT2D eigenvalue weighted by Gasteiger charge is -2.23. The van der Waals surface area contributed by atoms with Crippen LogP contribution in [-0.4, -0.2) is 16.1 Å². The summed E-state index contributed by atoms with van der Waals surface area (Å²) in [4.78, 5) is 4.30. The number of hydrogen-bond acceptors (Lipinski definition) is 2. The monoisotopic (exact) mass is 263 g/mol. The summed E-state index contributed by atoms with van der Waals surface area (Å²) in [6.45, 7) is 4.17. The van der Waals surface area contributed by atoms with Crippen molar-refractivity contribution in [2.75, 3.05) is 6.54 Å². The molecule has 0 bridgehead atoms. The Morgan fingerprint density at radius 1 is 1.82 bits per heavy atom. The van der Waals surface area contributed by atoms with Crippen molar-refractivity contribution in [3.63, 3.8) is 0 Å². The van der Waals surface area contributed by atoms with Crippen molar-refractivity contribution in [3.8, 4) is 0 Å². The lowest BCUT2D eigenvalue weighted by atomic mass is 10.3. The van der Waals surface area contributed by atoms with E-state index in [9.17, 15) is 0 Å². The van der Waals surface area contributed by atoms with Crippen molar-refractivity contribution >= 4 is 22.6 Å². The number of aromatic nitrogens is 2. The molecule has 0 fully saturated rings. The van der Waals surface area contributed by atoms with Gasteiger partial charge in [-0.1, -0.05) is 0 Å². The molecule has 0 radical (unpaired) electrons. The van der Waals surface area contributed by atoms with Crippen LogP contribution in [0.5, 0.6) is 0 Å². The molecule has 60 valence electrons. The van der Waals surface area contributed by atoms with Crippen LogP contribution in [0.15, 0.2) is 6.20 Å². The van der Waals surface area contributed by atoms with Crippen LogP contribution in [0, 0.1) is 3.70 Å². The molecule has 11 heavy (non-hydrogen) atoms. The molecule has 0 amide bonds. The van der Waals surface area contributed by atoms with E-state index in [1.807, 2.05) is 6.20 Å². The van der Waals surface area contributed by atoms with E-state index < -0.39 is 0 Å². The number of hydrogen-bond donors (Lipinski definition) is 1. The zero-order chi connectivity index (χ0) is 7.84. The first kappa shape index (κ1) is 7.54.